The molecule has 6 rings (SSSR count). The van der Waals surface area contributed by atoms with Crippen molar-refractivity contribution in [3.05, 3.63) is 101 Å². The first-order valence-electron chi connectivity index (χ1n) is 17.1. The molecule has 5 aromatic rings. The van der Waals surface area contributed by atoms with Crippen molar-refractivity contribution in [2.75, 3.05) is 31.0 Å². The van der Waals surface area contributed by atoms with Gasteiger partial charge in [-0.3, -0.25) is 9.71 Å². The van der Waals surface area contributed by atoms with Crippen LogP contribution in [0.5, 0.6) is 11.5 Å². The van der Waals surface area contributed by atoms with Gasteiger partial charge in [-0.15, -0.1) is 10.2 Å². The third kappa shape index (κ3) is 11.2. The van der Waals surface area contributed by atoms with Crippen molar-refractivity contribution < 1.29 is 27.1 Å². The lowest BCUT2D eigenvalue weighted by molar-refractivity contribution is 0.0975. The Morgan fingerprint density at radius 1 is 1.04 bits per heavy atom. The van der Waals surface area contributed by atoms with Crippen molar-refractivity contribution in [1.82, 2.24) is 25.4 Å². The molecule has 1 saturated heterocycles. The van der Waals surface area contributed by atoms with E-state index in [0.29, 0.717) is 35.0 Å². The number of rotatable bonds is 13. The van der Waals surface area contributed by atoms with E-state index in [4.69, 9.17) is 55.9 Å². The van der Waals surface area contributed by atoms with E-state index < -0.39 is 37.2 Å². The lowest BCUT2D eigenvalue weighted by Crippen LogP contribution is -2.36. The van der Waals surface area contributed by atoms with Crippen LogP contribution in [0.2, 0.25) is 5.02 Å². The van der Waals surface area contributed by atoms with Gasteiger partial charge in [0.05, 0.1) is 17.3 Å². The number of halogens is 5. The van der Waals surface area contributed by atoms with Crippen LogP contribution in [0.25, 0.3) is 22.3 Å². The zero-order chi connectivity index (χ0) is 39.2. The van der Waals surface area contributed by atoms with Gasteiger partial charge in [-0.25, -0.2) is 17.6 Å². The molecule has 1 aliphatic rings. The highest BCUT2D eigenvalue weighted by molar-refractivity contribution is 7.93. The number of amides is 1. The van der Waals surface area contributed by atoms with E-state index in [-0.39, 0.29) is 22.4 Å². The molecule has 11 nitrogen and oxygen atoms in total. The van der Waals surface area contributed by atoms with E-state index in [1.54, 1.807) is 23.2 Å². The summed E-state index contributed by atoms with van der Waals surface area (Å²) in [5.74, 6) is -0.479. The molecule has 0 atom stereocenters. The lowest BCUT2D eigenvalue weighted by Gasteiger charge is -2.27. The molecule has 3 aromatic carbocycles. The minimum absolute atomic E-state index is 0.0319. The highest BCUT2D eigenvalue weighted by Gasteiger charge is 2.27. The first-order chi connectivity index (χ1) is 26.2. The zero-order valence-electron chi connectivity index (χ0n) is 29.3. The van der Waals surface area contributed by atoms with E-state index in [1.807, 2.05) is 49.4 Å². The van der Waals surface area contributed by atoms with Gasteiger partial charge in [0, 0.05) is 24.4 Å². The summed E-state index contributed by atoms with van der Waals surface area (Å²) in [5, 5.41) is 10.4. The van der Waals surface area contributed by atoms with Gasteiger partial charge in [-0.05, 0) is 92.2 Å². The van der Waals surface area contributed by atoms with Crippen molar-refractivity contribution in [1.29, 1.82) is 0 Å². The summed E-state index contributed by atoms with van der Waals surface area (Å²) < 4.78 is 53.4. The molecule has 0 radical (unpaired) electrons. The normalized spacial score (nSPS) is 13.7. The Labute approximate surface area is 342 Å². The van der Waals surface area contributed by atoms with Crippen LogP contribution < -0.4 is 14.8 Å². The van der Waals surface area contributed by atoms with Gasteiger partial charge in [0.1, 0.15) is 34.3 Å². The van der Waals surface area contributed by atoms with Crippen LogP contribution in [0.1, 0.15) is 30.5 Å². The number of alkyl halides is 3. The highest BCUT2D eigenvalue weighted by atomic mass is 35.6. The molecule has 0 bridgehead atoms. The van der Waals surface area contributed by atoms with E-state index >= 15 is 4.39 Å². The second-order valence-electron chi connectivity index (χ2n) is 12.9. The average Bonchev–Trinajstić information content (AvgIpc) is 3.66. The SMILES string of the molecule is Cc1cccc(-c2ccc(Oc3cc(F)c(S(=O)(=O)Nc4nncs4)cc3Cl)c(-c3ccnc(CN(CCC4CCNCC4)C(=O)OCC(Cl)(Cl)Cl)c3)c2)c1. The van der Waals surface area contributed by atoms with Gasteiger partial charge in [-0.2, -0.15) is 0 Å². The molecule has 0 saturated carbocycles. The molecule has 1 fully saturated rings. The number of sulfonamides is 1. The first-order valence-corrected chi connectivity index (χ1v) is 20.9. The molecule has 2 N–H and O–H groups in total. The van der Waals surface area contributed by atoms with Gasteiger partial charge >= 0.3 is 6.09 Å². The molecule has 3 heterocycles. The number of nitrogens with zero attached hydrogens (tertiary/aromatic N) is 4. The number of anilines is 1. The molecule has 1 aliphatic heterocycles. The minimum Gasteiger partial charge on any atom is -0.455 e. The molecule has 2 aromatic heterocycles. The van der Waals surface area contributed by atoms with Crippen LogP contribution in [-0.2, 0) is 21.3 Å². The molecule has 0 spiro atoms. The molecule has 290 valence electrons. The second-order valence-corrected chi connectivity index (χ2v) is 18.3. The van der Waals surface area contributed by atoms with E-state index in [9.17, 15) is 13.2 Å². The topological polar surface area (TPSA) is 136 Å². The fraction of sp³-hybridized carbons (Fsp3) is 0.297. The van der Waals surface area contributed by atoms with E-state index in [1.165, 1.54) is 5.51 Å². The van der Waals surface area contributed by atoms with E-state index in [2.05, 4.69) is 25.2 Å². The van der Waals surface area contributed by atoms with Crippen molar-refractivity contribution in [3.8, 4) is 33.8 Å². The lowest BCUT2D eigenvalue weighted by atomic mass is 9.94. The Hall–Kier alpha value is -3.76. The summed E-state index contributed by atoms with van der Waals surface area (Å²) in [6.45, 7) is 3.91. The fourth-order valence-electron chi connectivity index (χ4n) is 6.06. The number of benzene rings is 3. The van der Waals surface area contributed by atoms with Gasteiger partial charge in [0.15, 0.2) is 0 Å². The smallest absolute Gasteiger partial charge is 0.410 e. The van der Waals surface area contributed by atoms with E-state index in [0.717, 1.165) is 72.5 Å². The van der Waals surface area contributed by atoms with Gasteiger partial charge in [0.25, 0.3) is 10.0 Å². The Bertz CT molecular complexity index is 2240. The summed E-state index contributed by atoms with van der Waals surface area (Å²) >= 11 is 25.1. The van der Waals surface area contributed by atoms with Crippen LogP contribution in [-0.4, -0.2) is 64.6 Å². The quantitative estimate of drug-likeness (QED) is 0.111. The summed E-state index contributed by atoms with van der Waals surface area (Å²) in [5.41, 5.74) is 6.01. The van der Waals surface area contributed by atoms with Gasteiger partial charge < -0.3 is 19.7 Å². The number of hydrogen-bond acceptors (Lipinski definition) is 10. The molecular formula is C37H35Cl4FN6O5S2. The average molecular weight is 869 g/mol. The predicted octanol–water partition coefficient (Wildman–Crippen LogP) is 9.66. The third-order valence-electron chi connectivity index (χ3n) is 8.77. The number of pyridine rings is 1. The number of hydrogen-bond donors (Lipinski definition) is 2. The number of aryl methyl sites for hydroxylation is 1. The maximum atomic E-state index is 15.5. The molecule has 0 aliphatic carbocycles. The minimum atomic E-state index is -4.38. The largest absolute Gasteiger partial charge is 0.455 e. The maximum absolute atomic E-state index is 15.5. The predicted molar refractivity (Wildman–Crippen MR) is 214 cm³/mol. The monoisotopic (exact) mass is 866 g/mol. The second kappa shape index (κ2) is 18.0. The summed E-state index contributed by atoms with van der Waals surface area (Å²) in [7, 11) is -4.38. The standard InChI is InChI=1S/C37H35Cl4FN6O5S2/c1-23-3-2-4-25(15-23)26-5-6-32(53-33-19-31(42)34(18-30(33)38)55(50,51)47-35-46-45-22-54-35)29(17-26)27-9-13-44-28(16-27)20-48(36(49)52-21-37(39,40)41)14-10-24-7-11-43-12-8-24/h2-6,9,13,15-19,22,24,43H,7-8,10-12,14,20-21H2,1H3,(H,46,47). The first kappa shape index (κ1) is 40.9. The molecule has 18 heteroatoms. The van der Waals surface area contributed by atoms with Crippen molar-refractivity contribution in [3.63, 3.8) is 0 Å². The zero-order valence-corrected chi connectivity index (χ0v) is 33.9. The van der Waals surface area contributed by atoms with Crippen LogP contribution in [0.4, 0.5) is 14.3 Å². The van der Waals surface area contributed by atoms with Crippen LogP contribution in [0.3, 0.4) is 0 Å². The van der Waals surface area contributed by atoms with Crippen LogP contribution >= 0.6 is 57.7 Å². The fourth-order valence-corrected chi connectivity index (χ4v) is 8.27. The number of aromatic nitrogens is 3. The molecule has 55 heavy (non-hydrogen) atoms. The molecule has 0 unspecified atom stereocenters. The van der Waals surface area contributed by atoms with Crippen molar-refractivity contribution >= 4 is 79.0 Å². The molecule has 1 amide bonds. The number of carbonyl (C=O) groups is 1. The molecular weight excluding hydrogens is 833 g/mol. The van der Waals surface area contributed by atoms with Gasteiger partial charge in [0.2, 0.25) is 8.92 Å². The maximum Gasteiger partial charge on any atom is 0.410 e. The number of piperidine rings is 1. The van der Waals surface area contributed by atoms with Crippen molar-refractivity contribution in [2.24, 2.45) is 5.92 Å². The summed E-state index contributed by atoms with van der Waals surface area (Å²) in [4.78, 5) is 18.7. The number of ether oxygens (including phenoxy) is 2. The number of carbonyl (C=O) groups excluding carboxylic acids is 1. The Balaban J connectivity index is 1.33. The highest BCUT2D eigenvalue weighted by Crippen LogP contribution is 2.40. The Morgan fingerprint density at radius 3 is 2.55 bits per heavy atom. The number of nitrogens with one attached hydrogen (secondary N) is 2. The van der Waals surface area contributed by atoms with Gasteiger partial charge in [-0.1, -0.05) is 93.6 Å². The third-order valence-corrected chi connectivity index (χ3v) is 11.5. The summed E-state index contributed by atoms with van der Waals surface area (Å²) in [6, 6.07) is 19.0. The van der Waals surface area contributed by atoms with Crippen LogP contribution in [0, 0.1) is 18.7 Å². The Morgan fingerprint density at radius 2 is 1.82 bits per heavy atom. The van der Waals surface area contributed by atoms with Crippen LogP contribution in [0.15, 0.2) is 83.3 Å². The summed E-state index contributed by atoms with van der Waals surface area (Å²) in [6.07, 6.45) is 3.73. The Kier molecular flexibility index (Phi) is 13.4. The van der Waals surface area contributed by atoms with Crippen molar-refractivity contribution in [2.45, 2.75) is 41.4 Å².